The lowest BCUT2D eigenvalue weighted by atomic mass is 9.72. The molecule has 0 aliphatic heterocycles. The van der Waals surface area contributed by atoms with Crippen molar-refractivity contribution >= 4 is 0 Å². The van der Waals surface area contributed by atoms with E-state index in [1.807, 2.05) is 31.3 Å². The van der Waals surface area contributed by atoms with E-state index in [1.54, 1.807) is 7.11 Å². The van der Waals surface area contributed by atoms with Gasteiger partial charge in [0.1, 0.15) is 6.10 Å². The van der Waals surface area contributed by atoms with Gasteiger partial charge in [0.25, 0.3) is 0 Å². The van der Waals surface area contributed by atoms with Gasteiger partial charge >= 0.3 is 0 Å². The fourth-order valence-corrected chi connectivity index (χ4v) is 3.17. The Hall–Kier alpha value is -1.22. The predicted molar refractivity (Wildman–Crippen MR) is 77.9 cm³/mol. The van der Waals surface area contributed by atoms with Crippen molar-refractivity contribution in [3.8, 4) is 11.5 Å². The van der Waals surface area contributed by atoms with E-state index in [2.05, 4.69) is 19.2 Å². The van der Waals surface area contributed by atoms with Crippen LogP contribution in [0.2, 0.25) is 0 Å². The molecule has 0 aromatic heterocycles. The number of ether oxygens (including phenoxy) is 2. The summed E-state index contributed by atoms with van der Waals surface area (Å²) in [6.07, 6.45) is 3.74. The largest absolute Gasteiger partial charge is 0.493 e. The Morgan fingerprint density at radius 1 is 1.21 bits per heavy atom. The Morgan fingerprint density at radius 2 is 1.89 bits per heavy atom. The van der Waals surface area contributed by atoms with Gasteiger partial charge in [-0.25, -0.2) is 0 Å². The Kier molecular flexibility index (Phi) is 4.35. The second-order valence-corrected chi connectivity index (χ2v) is 5.95. The maximum absolute atomic E-state index is 6.23. The summed E-state index contributed by atoms with van der Waals surface area (Å²) in [7, 11) is 3.71. The van der Waals surface area contributed by atoms with E-state index in [-0.39, 0.29) is 11.5 Å². The number of methoxy groups -OCH3 is 1. The van der Waals surface area contributed by atoms with E-state index in [4.69, 9.17) is 9.47 Å². The van der Waals surface area contributed by atoms with Crippen molar-refractivity contribution in [2.45, 2.75) is 45.3 Å². The monoisotopic (exact) mass is 263 g/mol. The number of hydrogen-bond donors (Lipinski definition) is 1. The van der Waals surface area contributed by atoms with E-state index in [0.717, 1.165) is 17.9 Å². The molecule has 0 saturated heterocycles. The van der Waals surface area contributed by atoms with E-state index in [0.29, 0.717) is 6.04 Å². The minimum absolute atomic E-state index is 0.199. The molecule has 0 amide bonds. The third-order valence-corrected chi connectivity index (χ3v) is 4.18. The van der Waals surface area contributed by atoms with Crippen molar-refractivity contribution in [3.05, 3.63) is 24.3 Å². The third-order valence-electron chi connectivity index (χ3n) is 4.18. The van der Waals surface area contributed by atoms with Gasteiger partial charge in [0.05, 0.1) is 7.11 Å². The lowest BCUT2D eigenvalue weighted by molar-refractivity contribution is 0.0387. The van der Waals surface area contributed by atoms with Crippen molar-refractivity contribution in [2.24, 2.45) is 5.41 Å². The summed E-state index contributed by atoms with van der Waals surface area (Å²) in [6, 6.07) is 8.24. The van der Waals surface area contributed by atoms with Crippen LogP contribution in [-0.4, -0.2) is 26.3 Å². The van der Waals surface area contributed by atoms with Crippen LogP contribution in [0.1, 0.15) is 33.1 Å². The highest BCUT2D eigenvalue weighted by Crippen LogP contribution is 2.38. The maximum atomic E-state index is 6.23. The summed E-state index contributed by atoms with van der Waals surface area (Å²) in [5.74, 6) is 1.65. The van der Waals surface area contributed by atoms with E-state index < -0.39 is 0 Å². The first-order valence-electron chi connectivity index (χ1n) is 7.05. The molecule has 0 spiro atoms. The molecule has 106 valence electrons. The van der Waals surface area contributed by atoms with Crippen LogP contribution in [0.4, 0.5) is 0 Å². The molecule has 1 aromatic rings. The SMILES string of the molecule is CNC1C(Oc2ccccc2OC)CCCC1(C)C. The number of hydrogen-bond acceptors (Lipinski definition) is 3. The molecular weight excluding hydrogens is 238 g/mol. The number of likely N-dealkylation sites (N-methyl/N-ethyl adjacent to an activating group) is 1. The molecule has 19 heavy (non-hydrogen) atoms. The molecule has 0 heterocycles. The van der Waals surface area contributed by atoms with Gasteiger partial charge in [-0.15, -0.1) is 0 Å². The number of nitrogens with one attached hydrogen (secondary N) is 1. The van der Waals surface area contributed by atoms with Crippen LogP contribution in [0.25, 0.3) is 0 Å². The summed E-state index contributed by atoms with van der Waals surface area (Å²) < 4.78 is 11.6. The lowest BCUT2D eigenvalue weighted by Gasteiger charge is -2.43. The highest BCUT2D eigenvalue weighted by molar-refractivity contribution is 5.39. The molecule has 3 nitrogen and oxygen atoms in total. The van der Waals surface area contributed by atoms with Crippen molar-refractivity contribution in [3.63, 3.8) is 0 Å². The van der Waals surface area contributed by atoms with E-state index >= 15 is 0 Å². The van der Waals surface area contributed by atoms with Crippen LogP contribution in [0.15, 0.2) is 24.3 Å². The predicted octanol–water partition coefficient (Wildman–Crippen LogP) is 3.24. The van der Waals surface area contributed by atoms with Gasteiger partial charge in [-0.1, -0.05) is 26.0 Å². The van der Waals surface area contributed by atoms with E-state index in [9.17, 15) is 0 Å². The van der Waals surface area contributed by atoms with Gasteiger partial charge in [0, 0.05) is 6.04 Å². The molecule has 3 heteroatoms. The zero-order chi connectivity index (χ0) is 13.9. The van der Waals surface area contributed by atoms with Crippen LogP contribution < -0.4 is 14.8 Å². The Balaban J connectivity index is 2.17. The third kappa shape index (κ3) is 3.03. The summed E-state index contributed by atoms with van der Waals surface area (Å²) in [4.78, 5) is 0. The Morgan fingerprint density at radius 3 is 2.53 bits per heavy atom. The first-order chi connectivity index (χ1) is 9.08. The summed E-state index contributed by atoms with van der Waals surface area (Å²) in [5, 5.41) is 3.44. The lowest BCUT2D eigenvalue weighted by Crippen LogP contribution is -2.53. The summed E-state index contributed by atoms with van der Waals surface area (Å²) in [5.41, 5.74) is 0.264. The average Bonchev–Trinajstić information content (AvgIpc) is 2.38. The summed E-state index contributed by atoms with van der Waals surface area (Å²) >= 11 is 0. The molecule has 2 unspecified atom stereocenters. The number of para-hydroxylation sites is 2. The number of rotatable bonds is 4. The van der Waals surface area contributed by atoms with Crippen LogP contribution in [0.3, 0.4) is 0 Å². The Labute approximate surface area is 116 Å². The molecular formula is C16H25NO2. The van der Waals surface area contributed by atoms with Gasteiger partial charge < -0.3 is 14.8 Å². The van der Waals surface area contributed by atoms with Crippen molar-refractivity contribution in [1.82, 2.24) is 5.32 Å². The minimum atomic E-state index is 0.199. The molecule has 1 aliphatic carbocycles. The van der Waals surface area contributed by atoms with E-state index in [1.165, 1.54) is 12.8 Å². The molecule has 1 N–H and O–H groups in total. The second kappa shape index (κ2) is 5.83. The normalized spacial score (nSPS) is 25.9. The fourth-order valence-electron chi connectivity index (χ4n) is 3.17. The molecule has 2 atom stereocenters. The second-order valence-electron chi connectivity index (χ2n) is 5.95. The van der Waals surface area contributed by atoms with Gasteiger partial charge in [-0.05, 0) is 43.9 Å². The van der Waals surface area contributed by atoms with Crippen molar-refractivity contribution in [1.29, 1.82) is 0 Å². The number of benzene rings is 1. The molecule has 1 fully saturated rings. The molecule has 0 radical (unpaired) electrons. The Bertz CT molecular complexity index is 417. The van der Waals surface area contributed by atoms with Gasteiger partial charge in [0.15, 0.2) is 11.5 Å². The average molecular weight is 263 g/mol. The minimum Gasteiger partial charge on any atom is -0.493 e. The molecule has 1 saturated carbocycles. The first kappa shape index (κ1) is 14.2. The van der Waals surface area contributed by atoms with Crippen LogP contribution in [-0.2, 0) is 0 Å². The zero-order valence-corrected chi connectivity index (χ0v) is 12.4. The highest BCUT2D eigenvalue weighted by atomic mass is 16.5. The molecule has 1 aromatic carbocycles. The van der Waals surface area contributed by atoms with Gasteiger partial charge in [0.2, 0.25) is 0 Å². The molecule has 0 bridgehead atoms. The summed E-state index contributed by atoms with van der Waals surface area (Å²) in [6.45, 7) is 4.62. The quantitative estimate of drug-likeness (QED) is 0.904. The fraction of sp³-hybridized carbons (Fsp3) is 0.625. The highest BCUT2D eigenvalue weighted by Gasteiger charge is 2.39. The molecule has 2 rings (SSSR count). The van der Waals surface area contributed by atoms with Crippen LogP contribution in [0.5, 0.6) is 11.5 Å². The zero-order valence-electron chi connectivity index (χ0n) is 12.4. The topological polar surface area (TPSA) is 30.5 Å². The van der Waals surface area contributed by atoms with Gasteiger partial charge in [-0.2, -0.15) is 0 Å². The standard InChI is InChI=1S/C16H25NO2/c1-16(2)11-7-10-14(15(16)17-3)19-13-9-6-5-8-12(13)18-4/h5-6,8-9,14-15,17H,7,10-11H2,1-4H3. The maximum Gasteiger partial charge on any atom is 0.161 e. The van der Waals surface area contributed by atoms with Gasteiger partial charge in [-0.3, -0.25) is 0 Å². The van der Waals surface area contributed by atoms with Crippen LogP contribution in [0, 0.1) is 5.41 Å². The molecule has 1 aliphatic rings. The first-order valence-corrected chi connectivity index (χ1v) is 7.05. The van der Waals surface area contributed by atoms with Crippen molar-refractivity contribution < 1.29 is 9.47 Å². The van der Waals surface area contributed by atoms with Crippen LogP contribution >= 0.6 is 0 Å². The smallest absolute Gasteiger partial charge is 0.161 e. The van der Waals surface area contributed by atoms with Crippen molar-refractivity contribution in [2.75, 3.05) is 14.2 Å².